The van der Waals surface area contributed by atoms with E-state index in [2.05, 4.69) is 0 Å². The SMILES string of the molecule is O=C1C=CC(=O)N1c1ccc(O)c(Cc2cc(N3C(=O)C=CC3=O)ccc2O)c1. The van der Waals surface area contributed by atoms with Gasteiger partial charge in [-0.3, -0.25) is 19.2 Å². The van der Waals surface area contributed by atoms with Gasteiger partial charge < -0.3 is 10.2 Å². The monoisotopic (exact) mass is 390 g/mol. The number of imide groups is 2. The van der Waals surface area contributed by atoms with Crippen LogP contribution in [0.4, 0.5) is 11.4 Å². The Balaban J connectivity index is 1.68. The van der Waals surface area contributed by atoms with Gasteiger partial charge in [0.05, 0.1) is 11.4 Å². The van der Waals surface area contributed by atoms with Crippen molar-refractivity contribution in [3.8, 4) is 11.5 Å². The first-order chi connectivity index (χ1) is 13.8. The molecule has 8 nitrogen and oxygen atoms in total. The summed E-state index contributed by atoms with van der Waals surface area (Å²) in [4.78, 5) is 49.5. The average molecular weight is 390 g/mol. The number of benzene rings is 2. The van der Waals surface area contributed by atoms with Crippen LogP contribution in [0.3, 0.4) is 0 Å². The highest BCUT2D eigenvalue weighted by atomic mass is 16.3. The van der Waals surface area contributed by atoms with E-state index >= 15 is 0 Å². The zero-order valence-corrected chi connectivity index (χ0v) is 14.9. The molecule has 0 unspecified atom stereocenters. The van der Waals surface area contributed by atoms with Gasteiger partial charge in [-0.15, -0.1) is 0 Å². The minimum atomic E-state index is -0.491. The third-order valence-corrected chi connectivity index (χ3v) is 4.64. The van der Waals surface area contributed by atoms with Gasteiger partial charge in [-0.2, -0.15) is 0 Å². The minimum absolute atomic E-state index is 0.0344. The lowest BCUT2D eigenvalue weighted by molar-refractivity contribution is -0.121. The normalized spacial score (nSPS) is 15.9. The molecule has 2 aromatic carbocycles. The van der Waals surface area contributed by atoms with Crippen LogP contribution in [-0.4, -0.2) is 33.8 Å². The van der Waals surface area contributed by atoms with Gasteiger partial charge in [0.25, 0.3) is 23.6 Å². The Morgan fingerprint density at radius 1 is 0.586 bits per heavy atom. The maximum absolute atomic E-state index is 11.9. The smallest absolute Gasteiger partial charge is 0.258 e. The zero-order chi connectivity index (χ0) is 20.7. The molecule has 0 bridgehead atoms. The highest BCUT2D eigenvalue weighted by molar-refractivity contribution is 6.28. The van der Waals surface area contributed by atoms with E-state index in [1.807, 2.05) is 0 Å². The molecule has 0 radical (unpaired) electrons. The third kappa shape index (κ3) is 3.16. The summed E-state index contributed by atoms with van der Waals surface area (Å²) in [6.45, 7) is 0. The van der Waals surface area contributed by atoms with Crippen molar-refractivity contribution in [2.75, 3.05) is 9.80 Å². The van der Waals surface area contributed by atoms with Crippen LogP contribution < -0.4 is 9.80 Å². The van der Waals surface area contributed by atoms with E-state index in [9.17, 15) is 29.4 Å². The first-order valence-corrected chi connectivity index (χ1v) is 8.61. The van der Waals surface area contributed by atoms with Crippen LogP contribution in [-0.2, 0) is 25.6 Å². The Morgan fingerprint density at radius 2 is 0.931 bits per heavy atom. The third-order valence-electron chi connectivity index (χ3n) is 4.64. The molecule has 0 saturated heterocycles. The van der Waals surface area contributed by atoms with Gasteiger partial charge in [0.15, 0.2) is 0 Å². The topological polar surface area (TPSA) is 115 Å². The van der Waals surface area contributed by atoms with Gasteiger partial charge in [0.1, 0.15) is 11.5 Å². The van der Waals surface area contributed by atoms with E-state index in [1.54, 1.807) is 0 Å². The summed E-state index contributed by atoms with van der Waals surface area (Å²) in [6.07, 6.45) is 4.65. The summed E-state index contributed by atoms with van der Waals surface area (Å²) < 4.78 is 0. The standard InChI is InChI=1S/C21H14N2O6/c24-16-3-1-14(22-18(26)5-6-19(22)27)10-12(16)9-13-11-15(2-4-17(13)25)23-20(28)7-8-21(23)29/h1-8,10-11,24-25H,9H2. The molecule has 29 heavy (non-hydrogen) atoms. The lowest BCUT2D eigenvalue weighted by Gasteiger charge is -2.17. The first-order valence-electron chi connectivity index (χ1n) is 8.61. The molecular weight excluding hydrogens is 376 g/mol. The van der Waals surface area contributed by atoms with Gasteiger partial charge in [-0.1, -0.05) is 0 Å². The molecule has 0 aliphatic carbocycles. The maximum atomic E-state index is 11.9. The van der Waals surface area contributed by atoms with Crippen LogP contribution in [0.5, 0.6) is 11.5 Å². The van der Waals surface area contributed by atoms with Gasteiger partial charge in [0, 0.05) is 41.9 Å². The Bertz CT molecular complexity index is 1020. The lowest BCUT2D eigenvalue weighted by Crippen LogP contribution is -2.29. The van der Waals surface area contributed by atoms with Gasteiger partial charge in [0.2, 0.25) is 0 Å². The fraction of sp³-hybridized carbons (Fsp3) is 0.0476. The second-order valence-electron chi connectivity index (χ2n) is 6.49. The highest BCUT2D eigenvalue weighted by Gasteiger charge is 2.27. The summed E-state index contributed by atoms with van der Waals surface area (Å²) >= 11 is 0. The van der Waals surface area contributed by atoms with Crippen LogP contribution in [0.15, 0.2) is 60.7 Å². The van der Waals surface area contributed by atoms with Gasteiger partial charge >= 0.3 is 0 Å². The van der Waals surface area contributed by atoms with Crippen molar-refractivity contribution >= 4 is 35.0 Å². The van der Waals surface area contributed by atoms with Crippen molar-refractivity contribution in [1.82, 2.24) is 0 Å². The Morgan fingerprint density at radius 3 is 1.28 bits per heavy atom. The van der Waals surface area contributed by atoms with Gasteiger partial charge in [-0.25, -0.2) is 9.80 Å². The van der Waals surface area contributed by atoms with Crippen molar-refractivity contribution in [2.24, 2.45) is 0 Å². The van der Waals surface area contributed by atoms with E-state index < -0.39 is 23.6 Å². The van der Waals surface area contributed by atoms with E-state index in [-0.39, 0.29) is 29.3 Å². The molecule has 4 amide bonds. The lowest BCUT2D eigenvalue weighted by atomic mass is 10.0. The molecule has 144 valence electrons. The molecule has 2 aliphatic heterocycles. The van der Waals surface area contributed by atoms with Crippen LogP contribution >= 0.6 is 0 Å². The number of rotatable bonds is 4. The van der Waals surface area contributed by atoms with Crippen molar-refractivity contribution < 1.29 is 29.4 Å². The number of hydrogen-bond acceptors (Lipinski definition) is 6. The first kappa shape index (κ1) is 18.2. The second-order valence-corrected chi connectivity index (χ2v) is 6.49. The van der Waals surface area contributed by atoms with E-state index in [0.29, 0.717) is 11.1 Å². The molecule has 0 aromatic heterocycles. The number of carbonyl (C=O) groups excluding carboxylic acids is 4. The van der Waals surface area contributed by atoms with Crippen molar-refractivity contribution in [1.29, 1.82) is 0 Å². The maximum Gasteiger partial charge on any atom is 0.258 e. The molecule has 4 rings (SSSR count). The molecule has 2 aliphatic rings. The van der Waals surface area contributed by atoms with E-state index in [4.69, 9.17) is 0 Å². The molecule has 8 heteroatoms. The molecule has 0 spiro atoms. The molecule has 2 N–H and O–H groups in total. The molecule has 0 fully saturated rings. The zero-order valence-electron chi connectivity index (χ0n) is 14.9. The summed E-state index contributed by atoms with van der Waals surface area (Å²) in [7, 11) is 0. The summed E-state index contributed by atoms with van der Waals surface area (Å²) in [5.41, 5.74) is 1.25. The number of hydrogen-bond donors (Lipinski definition) is 2. The number of amides is 4. The molecule has 2 aromatic rings. The number of aromatic hydroxyl groups is 2. The fourth-order valence-corrected chi connectivity index (χ4v) is 3.22. The summed E-state index contributed by atoms with van der Waals surface area (Å²) in [6, 6.07) is 8.51. The number of anilines is 2. The number of phenolic OH excluding ortho intramolecular Hbond substituents is 2. The quantitative estimate of drug-likeness (QED) is 0.766. The highest BCUT2D eigenvalue weighted by Crippen LogP contribution is 2.32. The number of phenols is 2. The van der Waals surface area contributed by atoms with Gasteiger partial charge in [-0.05, 0) is 36.4 Å². The van der Waals surface area contributed by atoms with Crippen LogP contribution in [0, 0.1) is 0 Å². The Hall–Kier alpha value is -4.20. The van der Waals surface area contributed by atoms with E-state index in [1.165, 1.54) is 36.4 Å². The summed E-state index contributed by atoms with van der Waals surface area (Å²) in [5, 5.41) is 20.4. The second kappa shape index (κ2) is 6.75. The van der Waals surface area contributed by atoms with Crippen LogP contribution in [0.2, 0.25) is 0 Å². The largest absolute Gasteiger partial charge is 0.508 e. The molecule has 0 atom stereocenters. The van der Waals surface area contributed by atoms with Crippen LogP contribution in [0.25, 0.3) is 0 Å². The molecule has 2 heterocycles. The molecule has 0 saturated carbocycles. The number of nitrogens with zero attached hydrogens (tertiary/aromatic N) is 2. The van der Waals surface area contributed by atoms with Crippen molar-refractivity contribution in [3.63, 3.8) is 0 Å². The molecular formula is C21H14N2O6. The predicted octanol–water partition coefficient (Wildman–Crippen LogP) is 1.55. The predicted molar refractivity (Wildman–Crippen MR) is 102 cm³/mol. The Kier molecular flexibility index (Phi) is 4.23. The number of carbonyl (C=O) groups is 4. The average Bonchev–Trinajstić information content (AvgIpc) is 3.20. The fourth-order valence-electron chi connectivity index (χ4n) is 3.22. The summed E-state index contributed by atoms with van der Waals surface area (Å²) in [5.74, 6) is -2.16. The van der Waals surface area contributed by atoms with Crippen molar-refractivity contribution in [3.05, 3.63) is 71.8 Å². The van der Waals surface area contributed by atoms with Crippen LogP contribution in [0.1, 0.15) is 11.1 Å². The van der Waals surface area contributed by atoms with Crippen molar-refractivity contribution in [2.45, 2.75) is 6.42 Å². The Labute approximate surface area is 164 Å². The minimum Gasteiger partial charge on any atom is -0.508 e. The van der Waals surface area contributed by atoms with E-state index in [0.717, 1.165) is 34.1 Å².